The van der Waals surface area contributed by atoms with E-state index in [0.717, 1.165) is 50.3 Å². The lowest BCUT2D eigenvalue weighted by atomic mass is 9.85. The summed E-state index contributed by atoms with van der Waals surface area (Å²) in [6, 6.07) is 0.684. The standard InChI is InChI=1S/C18H33N5O.HI/c1-2-20-18(21-14-8-10-23(11-9-14)17(19)24)22-16-12-15(16)13-6-4-3-5-7-13;/h13-16H,2-12H2,1H3,(H2,19,24)(H2,20,21,22);1H. The number of hydrogen-bond acceptors (Lipinski definition) is 2. The first kappa shape index (κ1) is 20.6. The summed E-state index contributed by atoms with van der Waals surface area (Å²) in [5, 5.41) is 7.23. The van der Waals surface area contributed by atoms with Crippen molar-refractivity contribution in [3.63, 3.8) is 0 Å². The van der Waals surface area contributed by atoms with E-state index in [4.69, 9.17) is 5.73 Å². The van der Waals surface area contributed by atoms with E-state index in [1.165, 1.54) is 38.5 Å². The molecule has 1 saturated heterocycles. The number of carbonyl (C=O) groups is 1. The van der Waals surface area contributed by atoms with E-state index in [1.807, 2.05) is 0 Å². The van der Waals surface area contributed by atoms with Crippen LogP contribution in [0, 0.1) is 11.8 Å². The minimum Gasteiger partial charge on any atom is -0.354 e. The van der Waals surface area contributed by atoms with Gasteiger partial charge < -0.3 is 21.3 Å². The van der Waals surface area contributed by atoms with Crippen molar-refractivity contribution in [3.8, 4) is 0 Å². The van der Waals surface area contributed by atoms with Crippen molar-refractivity contribution < 1.29 is 4.79 Å². The largest absolute Gasteiger partial charge is 0.354 e. The number of nitrogens with one attached hydrogen (secondary N) is 2. The first-order valence-corrected chi connectivity index (χ1v) is 9.79. The fourth-order valence-corrected chi connectivity index (χ4v) is 4.37. The van der Waals surface area contributed by atoms with Gasteiger partial charge in [-0.05, 0) is 38.0 Å². The zero-order chi connectivity index (χ0) is 16.9. The molecule has 2 amide bonds. The second-order valence-electron chi connectivity index (χ2n) is 7.62. The molecule has 144 valence electrons. The van der Waals surface area contributed by atoms with Crippen molar-refractivity contribution in [3.05, 3.63) is 0 Å². The van der Waals surface area contributed by atoms with Crippen LogP contribution in [0.5, 0.6) is 0 Å². The number of nitrogens with two attached hydrogens (primary N) is 1. The maximum atomic E-state index is 11.2. The summed E-state index contributed by atoms with van der Waals surface area (Å²) >= 11 is 0. The summed E-state index contributed by atoms with van der Waals surface area (Å²) in [7, 11) is 0. The number of aliphatic imine (C=N–C) groups is 1. The second-order valence-corrected chi connectivity index (χ2v) is 7.62. The smallest absolute Gasteiger partial charge is 0.314 e. The lowest BCUT2D eigenvalue weighted by Gasteiger charge is -2.32. The quantitative estimate of drug-likeness (QED) is 0.341. The summed E-state index contributed by atoms with van der Waals surface area (Å²) < 4.78 is 0. The Morgan fingerprint density at radius 1 is 1.12 bits per heavy atom. The molecule has 1 aliphatic heterocycles. The molecule has 0 aromatic carbocycles. The zero-order valence-corrected chi connectivity index (χ0v) is 17.7. The van der Waals surface area contributed by atoms with E-state index < -0.39 is 0 Å². The Hall–Kier alpha value is -0.730. The highest BCUT2D eigenvalue weighted by molar-refractivity contribution is 14.0. The number of halogens is 1. The third-order valence-corrected chi connectivity index (χ3v) is 5.88. The van der Waals surface area contributed by atoms with Crippen LogP contribution in [0.15, 0.2) is 4.99 Å². The van der Waals surface area contributed by atoms with E-state index in [1.54, 1.807) is 4.90 Å². The van der Waals surface area contributed by atoms with Crippen LogP contribution in [0.25, 0.3) is 0 Å². The molecular formula is C18H34IN5O. The molecule has 25 heavy (non-hydrogen) atoms. The maximum absolute atomic E-state index is 11.2. The first-order valence-electron chi connectivity index (χ1n) is 9.79. The number of amides is 2. The molecule has 6 nitrogen and oxygen atoms in total. The number of hydrogen-bond donors (Lipinski definition) is 3. The Morgan fingerprint density at radius 3 is 2.40 bits per heavy atom. The summed E-state index contributed by atoms with van der Waals surface area (Å²) in [5.41, 5.74) is 5.35. The van der Waals surface area contributed by atoms with Crippen LogP contribution in [0.1, 0.15) is 58.3 Å². The van der Waals surface area contributed by atoms with Gasteiger partial charge in [0.2, 0.25) is 0 Å². The minimum absolute atomic E-state index is 0. The van der Waals surface area contributed by atoms with E-state index in [2.05, 4.69) is 22.5 Å². The normalized spacial score (nSPS) is 28.2. The third-order valence-electron chi connectivity index (χ3n) is 5.88. The molecule has 3 aliphatic rings. The van der Waals surface area contributed by atoms with Gasteiger partial charge >= 0.3 is 6.03 Å². The predicted molar refractivity (Wildman–Crippen MR) is 112 cm³/mol. The van der Waals surface area contributed by atoms with Gasteiger partial charge in [-0.2, -0.15) is 0 Å². The number of carbonyl (C=O) groups excluding carboxylic acids is 1. The van der Waals surface area contributed by atoms with Gasteiger partial charge in [0.15, 0.2) is 5.96 Å². The Labute approximate surface area is 168 Å². The Bertz CT molecular complexity index is 458. The molecule has 0 bridgehead atoms. The van der Waals surface area contributed by atoms with Crippen molar-refractivity contribution in [2.75, 3.05) is 19.6 Å². The average molecular weight is 463 g/mol. The zero-order valence-electron chi connectivity index (χ0n) is 15.4. The highest BCUT2D eigenvalue weighted by Crippen LogP contribution is 2.44. The molecule has 0 spiro atoms. The lowest BCUT2D eigenvalue weighted by Crippen LogP contribution is -2.51. The maximum Gasteiger partial charge on any atom is 0.314 e. The molecule has 4 N–H and O–H groups in total. The Kier molecular flexibility index (Phi) is 8.09. The molecule has 1 heterocycles. The van der Waals surface area contributed by atoms with Crippen LogP contribution >= 0.6 is 24.0 Å². The van der Waals surface area contributed by atoms with Crippen LogP contribution in [-0.4, -0.2) is 48.6 Å². The molecule has 0 radical (unpaired) electrons. The highest BCUT2D eigenvalue weighted by atomic mass is 127. The molecule has 2 atom stereocenters. The molecule has 7 heteroatoms. The van der Waals surface area contributed by atoms with Gasteiger partial charge in [-0.25, -0.2) is 4.79 Å². The monoisotopic (exact) mass is 463 g/mol. The van der Waals surface area contributed by atoms with E-state index in [0.29, 0.717) is 12.1 Å². The minimum atomic E-state index is -0.303. The number of urea groups is 1. The fraction of sp³-hybridized carbons (Fsp3) is 0.889. The third kappa shape index (κ3) is 5.89. The van der Waals surface area contributed by atoms with Crippen LogP contribution in [0.4, 0.5) is 4.79 Å². The molecule has 0 aromatic heterocycles. The van der Waals surface area contributed by atoms with Gasteiger partial charge in [-0.15, -0.1) is 24.0 Å². The van der Waals surface area contributed by atoms with Crippen molar-refractivity contribution in [1.29, 1.82) is 0 Å². The number of rotatable bonds is 4. The van der Waals surface area contributed by atoms with Crippen molar-refractivity contribution in [2.24, 2.45) is 22.6 Å². The molecule has 3 fully saturated rings. The van der Waals surface area contributed by atoms with Crippen LogP contribution in [-0.2, 0) is 0 Å². The topological polar surface area (TPSA) is 82.8 Å². The van der Waals surface area contributed by atoms with Crippen molar-refractivity contribution in [1.82, 2.24) is 15.5 Å². The lowest BCUT2D eigenvalue weighted by molar-refractivity contribution is 0.188. The van der Waals surface area contributed by atoms with Crippen LogP contribution in [0.2, 0.25) is 0 Å². The summed E-state index contributed by atoms with van der Waals surface area (Å²) in [4.78, 5) is 17.6. The fourth-order valence-electron chi connectivity index (χ4n) is 4.37. The number of piperidine rings is 1. The Balaban J connectivity index is 0.00000225. The number of likely N-dealkylation sites (tertiary alicyclic amines) is 1. The summed E-state index contributed by atoms with van der Waals surface area (Å²) in [6.45, 7) is 4.34. The molecule has 0 aromatic rings. The summed E-state index contributed by atoms with van der Waals surface area (Å²) in [5.74, 6) is 2.74. The van der Waals surface area contributed by atoms with Crippen molar-refractivity contribution in [2.45, 2.75) is 70.4 Å². The number of primary amides is 1. The van der Waals surface area contributed by atoms with Gasteiger partial charge in [0, 0.05) is 31.7 Å². The summed E-state index contributed by atoms with van der Waals surface area (Å²) in [6.07, 6.45) is 10.3. The molecule has 2 unspecified atom stereocenters. The first-order chi connectivity index (χ1) is 11.7. The predicted octanol–water partition coefficient (Wildman–Crippen LogP) is 2.67. The van der Waals surface area contributed by atoms with Gasteiger partial charge in [0.25, 0.3) is 0 Å². The van der Waals surface area contributed by atoms with Gasteiger partial charge in [-0.1, -0.05) is 32.1 Å². The average Bonchev–Trinajstić information content (AvgIpc) is 3.35. The van der Waals surface area contributed by atoms with Gasteiger partial charge in [0.05, 0.1) is 0 Å². The number of nitrogens with zero attached hydrogens (tertiary/aromatic N) is 2. The Morgan fingerprint density at radius 2 is 1.80 bits per heavy atom. The molecular weight excluding hydrogens is 429 g/mol. The van der Waals surface area contributed by atoms with E-state index >= 15 is 0 Å². The SMILES string of the molecule is CCN=C(NC1CCN(C(N)=O)CC1)NC1CC1C1CCCCC1.I. The van der Waals surface area contributed by atoms with Crippen LogP contribution in [0.3, 0.4) is 0 Å². The molecule has 2 aliphatic carbocycles. The van der Waals surface area contributed by atoms with Crippen LogP contribution < -0.4 is 16.4 Å². The van der Waals surface area contributed by atoms with E-state index in [-0.39, 0.29) is 30.0 Å². The number of guanidine groups is 1. The van der Waals surface area contributed by atoms with Crippen molar-refractivity contribution >= 4 is 36.0 Å². The molecule has 3 rings (SSSR count). The molecule has 2 saturated carbocycles. The van der Waals surface area contributed by atoms with E-state index in [9.17, 15) is 4.79 Å². The highest BCUT2D eigenvalue weighted by Gasteiger charge is 2.43. The second kappa shape index (κ2) is 9.83. The van der Waals surface area contributed by atoms with Gasteiger partial charge in [-0.3, -0.25) is 4.99 Å². The van der Waals surface area contributed by atoms with Gasteiger partial charge in [0.1, 0.15) is 0 Å².